The first-order valence-electron chi connectivity index (χ1n) is 13.0. The van der Waals surface area contributed by atoms with Crippen molar-refractivity contribution in [2.45, 2.75) is 62.5 Å². The monoisotopic (exact) mass is 601 g/mol. The number of benzene rings is 3. The second-order valence-corrected chi connectivity index (χ2v) is 12.8. The van der Waals surface area contributed by atoms with Crippen molar-refractivity contribution in [1.82, 2.24) is 10.2 Å². The van der Waals surface area contributed by atoms with Gasteiger partial charge in [0.05, 0.1) is 10.6 Å². The number of anilines is 1. The highest BCUT2D eigenvalue weighted by Gasteiger charge is 2.33. The van der Waals surface area contributed by atoms with Gasteiger partial charge in [0.2, 0.25) is 11.8 Å². The average molecular weight is 602 g/mol. The molecule has 0 heterocycles. The van der Waals surface area contributed by atoms with Gasteiger partial charge in [-0.3, -0.25) is 13.9 Å². The zero-order valence-corrected chi connectivity index (χ0v) is 25.8. The zero-order valence-electron chi connectivity index (χ0n) is 23.4. The molecule has 10 heteroatoms. The molecule has 2 atom stereocenters. The Bertz CT molecular complexity index is 1410. The second kappa shape index (κ2) is 14.1. The SMILES string of the molecule is CC[C@@H](C)NC(=O)[C@H](C)N(Cc1ccccc1Cl)C(=O)CN(c1ccc(C)cc1)S(=O)(=O)c1ccc(SC)cc1. The molecule has 0 saturated carbocycles. The standard InChI is InChI=1S/C30H36ClN3O4S2/c1-6-22(3)32-30(36)23(4)33(19-24-9-7-8-10-28(24)31)29(35)20-34(25-13-11-21(2)12-14-25)40(37,38)27-17-15-26(39-5)16-18-27/h7-18,22-23H,6,19-20H2,1-5H3,(H,32,36)/t22-,23+/m1/s1. The number of hydrogen-bond donors (Lipinski definition) is 1. The lowest BCUT2D eigenvalue weighted by molar-refractivity contribution is -0.139. The molecule has 2 amide bonds. The first-order valence-corrected chi connectivity index (χ1v) is 16.1. The third-order valence-corrected chi connectivity index (χ3v) is 9.62. The van der Waals surface area contributed by atoms with Gasteiger partial charge in [-0.25, -0.2) is 8.42 Å². The van der Waals surface area contributed by atoms with Crippen LogP contribution in [0.15, 0.2) is 82.6 Å². The van der Waals surface area contributed by atoms with Crippen LogP contribution in [0.3, 0.4) is 0 Å². The van der Waals surface area contributed by atoms with Gasteiger partial charge >= 0.3 is 0 Å². The van der Waals surface area contributed by atoms with Crippen LogP contribution in [-0.4, -0.2) is 50.0 Å². The number of sulfonamides is 1. The summed E-state index contributed by atoms with van der Waals surface area (Å²) in [7, 11) is -4.12. The molecule has 0 aromatic heterocycles. The highest BCUT2D eigenvalue weighted by Crippen LogP contribution is 2.27. The largest absolute Gasteiger partial charge is 0.352 e. The topological polar surface area (TPSA) is 86.8 Å². The fraction of sp³-hybridized carbons (Fsp3) is 0.333. The van der Waals surface area contributed by atoms with Crippen molar-refractivity contribution in [3.8, 4) is 0 Å². The van der Waals surface area contributed by atoms with Crippen LogP contribution >= 0.6 is 23.4 Å². The fourth-order valence-electron chi connectivity index (χ4n) is 3.97. The van der Waals surface area contributed by atoms with Crippen LogP contribution in [0, 0.1) is 6.92 Å². The molecule has 3 rings (SSSR count). The maximum Gasteiger partial charge on any atom is 0.264 e. The van der Waals surface area contributed by atoms with E-state index in [1.54, 1.807) is 67.6 Å². The van der Waals surface area contributed by atoms with E-state index in [4.69, 9.17) is 11.6 Å². The van der Waals surface area contributed by atoms with Gasteiger partial charge in [0.1, 0.15) is 12.6 Å². The van der Waals surface area contributed by atoms with E-state index in [0.29, 0.717) is 16.3 Å². The summed E-state index contributed by atoms with van der Waals surface area (Å²) in [5.74, 6) is -0.858. The Morgan fingerprint density at radius 2 is 1.60 bits per heavy atom. The zero-order chi connectivity index (χ0) is 29.4. The minimum absolute atomic E-state index is 0.0395. The number of nitrogens with zero attached hydrogens (tertiary/aromatic N) is 2. The molecule has 0 aliphatic rings. The fourth-order valence-corrected chi connectivity index (χ4v) is 5.99. The summed E-state index contributed by atoms with van der Waals surface area (Å²) in [4.78, 5) is 29.5. The Kier molecular flexibility index (Phi) is 11.1. The minimum atomic E-state index is -4.12. The molecule has 214 valence electrons. The van der Waals surface area contributed by atoms with Crippen molar-refractivity contribution in [2.24, 2.45) is 0 Å². The molecule has 3 aromatic carbocycles. The average Bonchev–Trinajstić information content (AvgIpc) is 2.95. The Balaban J connectivity index is 2.03. The third-order valence-electron chi connectivity index (χ3n) is 6.72. The molecule has 0 aliphatic heterocycles. The van der Waals surface area contributed by atoms with E-state index in [2.05, 4.69) is 5.32 Å². The van der Waals surface area contributed by atoms with Crippen molar-refractivity contribution in [3.63, 3.8) is 0 Å². The second-order valence-electron chi connectivity index (χ2n) is 9.63. The van der Waals surface area contributed by atoms with Crippen molar-refractivity contribution in [1.29, 1.82) is 0 Å². The Morgan fingerprint density at radius 3 is 2.17 bits per heavy atom. The Labute approximate surface area is 247 Å². The number of carbonyl (C=O) groups is 2. The maximum absolute atomic E-state index is 14.0. The normalized spacial score (nSPS) is 12.8. The molecule has 40 heavy (non-hydrogen) atoms. The first-order chi connectivity index (χ1) is 19.0. The van der Waals surface area contributed by atoms with Crippen molar-refractivity contribution in [2.75, 3.05) is 17.1 Å². The molecule has 0 radical (unpaired) electrons. The summed E-state index contributed by atoms with van der Waals surface area (Å²) in [5, 5.41) is 3.37. The van der Waals surface area contributed by atoms with Gasteiger partial charge in [0.15, 0.2) is 0 Å². The van der Waals surface area contributed by atoms with Gasteiger partial charge in [-0.2, -0.15) is 0 Å². The summed E-state index contributed by atoms with van der Waals surface area (Å²) < 4.78 is 28.9. The van der Waals surface area contributed by atoms with E-state index in [1.165, 1.54) is 28.8 Å². The summed E-state index contributed by atoms with van der Waals surface area (Å²) >= 11 is 7.92. The van der Waals surface area contributed by atoms with Crippen LogP contribution in [0.2, 0.25) is 5.02 Å². The smallest absolute Gasteiger partial charge is 0.264 e. The van der Waals surface area contributed by atoms with Crippen LogP contribution in [0.1, 0.15) is 38.3 Å². The quantitative estimate of drug-likeness (QED) is 0.261. The summed E-state index contributed by atoms with van der Waals surface area (Å²) in [6, 6.07) is 19.6. The van der Waals surface area contributed by atoms with Crippen LogP contribution in [0.4, 0.5) is 5.69 Å². The van der Waals surface area contributed by atoms with Crippen LogP contribution < -0.4 is 9.62 Å². The predicted octanol–water partition coefficient (Wildman–Crippen LogP) is 5.90. The van der Waals surface area contributed by atoms with Crippen LogP contribution in [0.25, 0.3) is 0 Å². The molecule has 1 N–H and O–H groups in total. The minimum Gasteiger partial charge on any atom is -0.352 e. The van der Waals surface area contributed by atoms with Crippen LogP contribution in [0.5, 0.6) is 0 Å². The van der Waals surface area contributed by atoms with Gasteiger partial charge in [0.25, 0.3) is 10.0 Å². The lowest BCUT2D eigenvalue weighted by Gasteiger charge is -2.32. The van der Waals surface area contributed by atoms with Gasteiger partial charge in [-0.15, -0.1) is 11.8 Å². The Morgan fingerprint density at radius 1 is 0.975 bits per heavy atom. The van der Waals surface area contributed by atoms with Crippen molar-refractivity contribution >= 4 is 50.9 Å². The van der Waals surface area contributed by atoms with Crippen molar-refractivity contribution < 1.29 is 18.0 Å². The molecule has 0 fully saturated rings. The van der Waals surface area contributed by atoms with Crippen LogP contribution in [-0.2, 0) is 26.2 Å². The lowest BCUT2D eigenvalue weighted by atomic mass is 10.1. The summed E-state index contributed by atoms with van der Waals surface area (Å²) in [6.07, 6.45) is 2.64. The number of halogens is 1. The number of thioether (sulfide) groups is 1. The molecule has 3 aromatic rings. The molecule has 0 spiro atoms. The van der Waals surface area contributed by atoms with Crippen molar-refractivity contribution in [3.05, 3.63) is 88.9 Å². The summed E-state index contributed by atoms with van der Waals surface area (Å²) in [5.41, 5.74) is 1.95. The number of amides is 2. The number of aryl methyl sites for hydroxylation is 1. The van der Waals surface area contributed by atoms with Gasteiger partial charge < -0.3 is 10.2 Å². The highest BCUT2D eigenvalue weighted by atomic mass is 35.5. The number of nitrogens with one attached hydrogen (secondary N) is 1. The molecule has 7 nitrogen and oxygen atoms in total. The van der Waals surface area contributed by atoms with E-state index < -0.39 is 28.5 Å². The highest BCUT2D eigenvalue weighted by molar-refractivity contribution is 7.98. The number of carbonyl (C=O) groups excluding carboxylic acids is 2. The predicted molar refractivity (Wildman–Crippen MR) is 163 cm³/mol. The maximum atomic E-state index is 14.0. The molecule has 0 bridgehead atoms. The van der Waals surface area contributed by atoms with Gasteiger partial charge in [-0.05, 0) is 81.5 Å². The summed E-state index contributed by atoms with van der Waals surface area (Å²) in [6.45, 7) is 6.92. The molecule has 0 unspecified atom stereocenters. The molecule has 0 saturated heterocycles. The van der Waals surface area contributed by atoms with E-state index in [9.17, 15) is 18.0 Å². The molecular weight excluding hydrogens is 566 g/mol. The van der Waals surface area contributed by atoms with Gasteiger partial charge in [0, 0.05) is 22.5 Å². The van der Waals surface area contributed by atoms with E-state index >= 15 is 0 Å². The lowest BCUT2D eigenvalue weighted by Crippen LogP contribution is -2.52. The Hall–Kier alpha value is -3.01. The van der Waals surface area contributed by atoms with Gasteiger partial charge in [-0.1, -0.05) is 54.4 Å². The first kappa shape index (κ1) is 31.5. The molecule has 0 aliphatic carbocycles. The molecular formula is C30H36ClN3O4S2. The van der Waals surface area contributed by atoms with E-state index in [-0.39, 0.29) is 23.4 Å². The third kappa shape index (κ3) is 7.80. The van der Waals surface area contributed by atoms with E-state index in [1.807, 2.05) is 27.0 Å². The number of rotatable bonds is 12. The number of hydrogen-bond acceptors (Lipinski definition) is 5. The van der Waals surface area contributed by atoms with E-state index in [0.717, 1.165) is 21.2 Å².